The summed E-state index contributed by atoms with van der Waals surface area (Å²) in [6.45, 7) is 5.04. The van der Waals surface area contributed by atoms with E-state index >= 15 is 0 Å². The van der Waals surface area contributed by atoms with Crippen molar-refractivity contribution in [2.45, 2.75) is 13.8 Å². The smallest absolute Gasteiger partial charge is 0.354 e. The molecule has 3 aromatic heterocycles. The normalized spacial score (nSPS) is 11.1. The highest BCUT2D eigenvalue weighted by molar-refractivity contribution is 5.98. The first-order valence-electron chi connectivity index (χ1n) is 9.38. The second-order valence-corrected chi connectivity index (χ2v) is 6.56. The summed E-state index contributed by atoms with van der Waals surface area (Å²) in [7, 11) is 1.87. The van der Waals surface area contributed by atoms with Crippen LogP contribution < -0.4 is 5.32 Å². The Labute approximate surface area is 163 Å². The number of ether oxygens (including phenoxy) is 1. The van der Waals surface area contributed by atoms with Gasteiger partial charge < -0.3 is 14.6 Å². The van der Waals surface area contributed by atoms with E-state index in [-0.39, 0.29) is 5.97 Å². The fourth-order valence-corrected chi connectivity index (χ4v) is 3.46. The number of nitrogens with one attached hydrogen (secondary N) is 1. The number of hydrogen-bond acceptors (Lipinski definition) is 5. The lowest BCUT2D eigenvalue weighted by atomic mass is 10.1. The fourth-order valence-electron chi connectivity index (χ4n) is 3.46. The van der Waals surface area contributed by atoms with E-state index in [1.54, 1.807) is 6.20 Å². The van der Waals surface area contributed by atoms with Crippen LogP contribution in [0.15, 0.2) is 48.8 Å². The van der Waals surface area contributed by atoms with Crippen LogP contribution >= 0.6 is 0 Å². The van der Waals surface area contributed by atoms with Gasteiger partial charge in [-0.15, -0.1) is 0 Å². The average Bonchev–Trinajstić information content (AvgIpc) is 3.04. The van der Waals surface area contributed by atoms with E-state index in [1.165, 1.54) is 0 Å². The van der Waals surface area contributed by atoms with E-state index in [9.17, 15) is 4.79 Å². The minimum Gasteiger partial charge on any atom is -0.461 e. The summed E-state index contributed by atoms with van der Waals surface area (Å²) >= 11 is 0. The van der Waals surface area contributed by atoms with Crippen molar-refractivity contribution in [1.29, 1.82) is 0 Å². The lowest BCUT2D eigenvalue weighted by molar-refractivity contribution is 0.0516. The third-order valence-corrected chi connectivity index (χ3v) is 4.80. The molecule has 0 aliphatic carbocycles. The van der Waals surface area contributed by atoms with E-state index in [0.717, 1.165) is 45.3 Å². The molecule has 1 N–H and O–H groups in total. The Morgan fingerprint density at radius 1 is 1.18 bits per heavy atom. The molecule has 6 heteroatoms. The molecule has 6 nitrogen and oxygen atoms in total. The molecular weight excluding hydrogens is 352 g/mol. The summed E-state index contributed by atoms with van der Waals surface area (Å²) in [6.07, 6.45) is 3.58. The number of pyridine rings is 2. The maximum atomic E-state index is 12.2. The number of carbonyl (C=O) groups is 1. The van der Waals surface area contributed by atoms with Gasteiger partial charge in [-0.3, -0.25) is 4.98 Å². The second-order valence-electron chi connectivity index (χ2n) is 6.56. The van der Waals surface area contributed by atoms with Crippen LogP contribution in [-0.2, 0) is 11.8 Å². The zero-order valence-electron chi connectivity index (χ0n) is 16.2. The molecular formula is C22H22N4O2. The average molecular weight is 374 g/mol. The third kappa shape index (κ3) is 3.07. The van der Waals surface area contributed by atoms with Gasteiger partial charge in [-0.2, -0.15) is 0 Å². The van der Waals surface area contributed by atoms with Crippen molar-refractivity contribution in [2.75, 3.05) is 18.5 Å². The van der Waals surface area contributed by atoms with Crippen molar-refractivity contribution in [1.82, 2.24) is 14.5 Å². The summed E-state index contributed by atoms with van der Waals surface area (Å²) in [5, 5.41) is 5.37. The SMILES string of the molecule is CCNc1cc(-c2ccc3c(c2)cc(C(=O)OCC)n3C)nc2ccncc12. The van der Waals surface area contributed by atoms with Gasteiger partial charge >= 0.3 is 5.97 Å². The van der Waals surface area contributed by atoms with E-state index in [1.807, 2.05) is 55.1 Å². The molecule has 0 saturated heterocycles. The van der Waals surface area contributed by atoms with E-state index in [2.05, 4.69) is 23.3 Å². The number of esters is 1. The Bertz CT molecular complexity index is 1180. The quantitative estimate of drug-likeness (QED) is 0.525. The van der Waals surface area contributed by atoms with Crippen molar-refractivity contribution in [3.63, 3.8) is 0 Å². The molecule has 0 saturated carbocycles. The zero-order valence-corrected chi connectivity index (χ0v) is 16.2. The molecule has 0 spiro atoms. The standard InChI is InChI=1S/C22H22N4O2/c1-4-24-19-12-18(25-17-8-9-23-13-16(17)19)14-6-7-20-15(10-14)11-21(26(20)3)22(27)28-5-2/h6-13H,4-5H2,1-3H3,(H,24,25). The number of rotatable bonds is 5. The van der Waals surface area contributed by atoms with Gasteiger partial charge in [-0.05, 0) is 44.2 Å². The zero-order chi connectivity index (χ0) is 19.7. The van der Waals surface area contributed by atoms with Gasteiger partial charge in [0.15, 0.2) is 0 Å². The summed E-state index contributed by atoms with van der Waals surface area (Å²) in [5.41, 5.74) is 5.29. The van der Waals surface area contributed by atoms with Gasteiger partial charge in [-0.1, -0.05) is 6.07 Å². The first-order chi connectivity index (χ1) is 13.6. The van der Waals surface area contributed by atoms with Crippen LogP contribution in [0, 0.1) is 0 Å². The number of aromatic nitrogens is 3. The minimum atomic E-state index is -0.312. The monoisotopic (exact) mass is 374 g/mol. The highest BCUT2D eigenvalue weighted by Crippen LogP contribution is 2.30. The van der Waals surface area contributed by atoms with Crippen LogP contribution in [0.1, 0.15) is 24.3 Å². The fraction of sp³-hybridized carbons (Fsp3) is 0.227. The molecule has 3 heterocycles. The lowest BCUT2D eigenvalue weighted by Crippen LogP contribution is -2.09. The largest absolute Gasteiger partial charge is 0.461 e. The number of aryl methyl sites for hydroxylation is 1. The van der Waals surface area contributed by atoms with Crippen LogP contribution in [0.5, 0.6) is 0 Å². The molecule has 0 radical (unpaired) electrons. The number of nitrogens with zero attached hydrogens (tertiary/aromatic N) is 3. The predicted octanol–water partition coefficient (Wildman–Crippen LogP) is 4.40. The molecule has 0 aliphatic rings. The van der Waals surface area contributed by atoms with Crippen molar-refractivity contribution in [3.05, 3.63) is 54.5 Å². The van der Waals surface area contributed by atoms with E-state index < -0.39 is 0 Å². The summed E-state index contributed by atoms with van der Waals surface area (Å²) in [4.78, 5) is 21.2. The molecule has 4 aromatic rings. The van der Waals surface area contributed by atoms with Crippen molar-refractivity contribution < 1.29 is 9.53 Å². The number of carbonyl (C=O) groups excluding carboxylic acids is 1. The third-order valence-electron chi connectivity index (χ3n) is 4.80. The molecule has 0 bridgehead atoms. The molecule has 0 fully saturated rings. The summed E-state index contributed by atoms with van der Waals surface area (Å²) < 4.78 is 7.02. The topological polar surface area (TPSA) is 69.0 Å². The van der Waals surface area contributed by atoms with Gasteiger partial charge in [-0.25, -0.2) is 9.78 Å². The van der Waals surface area contributed by atoms with Crippen LogP contribution in [0.3, 0.4) is 0 Å². The molecule has 1 aromatic carbocycles. The van der Waals surface area contributed by atoms with Crippen molar-refractivity contribution in [2.24, 2.45) is 7.05 Å². The number of anilines is 1. The van der Waals surface area contributed by atoms with Gasteiger partial charge in [0.2, 0.25) is 0 Å². The van der Waals surface area contributed by atoms with Crippen molar-refractivity contribution in [3.8, 4) is 11.3 Å². The summed E-state index contributed by atoms with van der Waals surface area (Å²) in [6, 6.07) is 11.9. The number of benzene rings is 1. The maximum absolute atomic E-state index is 12.2. The van der Waals surface area contributed by atoms with Gasteiger partial charge in [0.05, 0.1) is 17.8 Å². The second kappa shape index (κ2) is 7.31. The van der Waals surface area contributed by atoms with Crippen LogP contribution in [0.4, 0.5) is 5.69 Å². The Morgan fingerprint density at radius 3 is 2.82 bits per heavy atom. The number of hydrogen-bond donors (Lipinski definition) is 1. The molecule has 142 valence electrons. The predicted molar refractivity (Wildman–Crippen MR) is 112 cm³/mol. The highest BCUT2D eigenvalue weighted by atomic mass is 16.5. The van der Waals surface area contributed by atoms with E-state index in [0.29, 0.717) is 12.3 Å². The summed E-state index contributed by atoms with van der Waals surface area (Å²) in [5.74, 6) is -0.312. The molecule has 0 aliphatic heterocycles. The molecule has 0 atom stereocenters. The Kier molecular flexibility index (Phi) is 4.69. The first-order valence-corrected chi connectivity index (χ1v) is 9.38. The van der Waals surface area contributed by atoms with Crippen LogP contribution in [0.25, 0.3) is 33.1 Å². The Morgan fingerprint density at radius 2 is 2.04 bits per heavy atom. The van der Waals surface area contributed by atoms with Gasteiger partial charge in [0.25, 0.3) is 0 Å². The van der Waals surface area contributed by atoms with Gasteiger partial charge in [0.1, 0.15) is 5.69 Å². The van der Waals surface area contributed by atoms with E-state index in [4.69, 9.17) is 9.72 Å². The van der Waals surface area contributed by atoms with Crippen molar-refractivity contribution >= 4 is 33.5 Å². The lowest BCUT2D eigenvalue weighted by Gasteiger charge is -2.11. The Balaban J connectivity index is 1.84. The molecule has 0 unspecified atom stereocenters. The Hall–Kier alpha value is -3.41. The highest BCUT2D eigenvalue weighted by Gasteiger charge is 2.15. The number of fused-ring (bicyclic) bond motifs is 2. The van der Waals surface area contributed by atoms with Crippen LogP contribution in [0.2, 0.25) is 0 Å². The maximum Gasteiger partial charge on any atom is 0.354 e. The molecule has 28 heavy (non-hydrogen) atoms. The molecule has 0 amide bonds. The minimum absolute atomic E-state index is 0.312. The van der Waals surface area contributed by atoms with Gasteiger partial charge in [0, 0.05) is 53.5 Å². The van der Waals surface area contributed by atoms with Crippen LogP contribution in [-0.4, -0.2) is 33.7 Å². The molecule has 4 rings (SSSR count). The first kappa shape index (κ1) is 18.0.